The quantitative estimate of drug-likeness (QED) is 0.241. The van der Waals surface area contributed by atoms with Gasteiger partial charge in [-0.25, -0.2) is 4.79 Å². The Bertz CT molecular complexity index is 996. The molecule has 4 aliphatic carbocycles. The van der Waals surface area contributed by atoms with Gasteiger partial charge in [-0.3, -0.25) is 0 Å². The van der Waals surface area contributed by atoms with Crippen molar-refractivity contribution in [3.8, 4) is 0 Å². The fourth-order valence-corrected chi connectivity index (χ4v) is 9.82. The Labute approximate surface area is 234 Å². The summed E-state index contributed by atoms with van der Waals surface area (Å²) in [6, 6.07) is 7.52. The average Bonchev–Trinajstić information content (AvgIpc) is 3.21. The first-order valence-corrected chi connectivity index (χ1v) is 16.1. The summed E-state index contributed by atoms with van der Waals surface area (Å²) >= 11 is 3.45. The Morgan fingerprint density at radius 2 is 1.76 bits per heavy atom. The van der Waals surface area contributed by atoms with Gasteiger partial charge in [0, 0.05) is 10.9 Å². The minimum absolute atomic E-state index is 0.0171. The van der Waals surface area contributed by atoms with E-state index in [-0.39, 0.29) is 12.1 Å². The molecular formula is C34H49BrO2. The molecule has 5 rings (SSSR count). The fraction of sp³-hybridized carbons (Fsp3) is 0.735. The van der Waals surface area contributed by atoms with Crippen molar-refractivity contribution in [2.24, 2.45) is 46.3 Å². The predicted molar refractivity (Wildman–Crippen MR) is 156 cm³/mol. The maximum Gasteiger partial charge on any atom is 0.338 e. The van der Waals surface area contributed by atoms with Crippen LogP contribution in [0.15, 0.2) is 40.4 Å². The molecule has 3 saturated carbocycles. The zero-order valence-electron chi connectivity index (χ0n) is 23.9. The molecule has 1 aromatic carbocycles. The number of allylic oxidation sites excluding steroid dienone is 1. The third-order valence-electron chi connectivity index (χ3n) is 11.6. The van der Waals surface area contributed by atoms with Gasteiger partial charge in [0.25, 0.3) is 0 Å². The molecule has 37 heavy (non-hydrogen) atoms. The first-order valence-electron chi connectivity index (χ1n) is 15.3. The standard InChI is InChI=1S/C34H49BrO2/c1-22(2)7-6-8-23(3)29-15-16-30-28-14-11-25-21-27(37-32(36)24-9-12-26(35)13-10-24)17-19-33(25,4)31(28)18-20-34(29,30)5/h9-13,22-23,27-31H,6-8,14-21H2,1-5H3/t23-,27+,28+,29-,30+,31+,33+,34-/m1/s1. The van der Waals surface area contributed by atoms with Gasteiger partial charge in [0.15, 0.2) is 0 Å². The molecule has 0 aliphatic heterocycles. The Morgan fingerprint density at radius 1 is 1.00 bits per heavy atom. The molecular weight excluding hydrogens is 520 g/mol. The van der Waals surface area contributed by atoms with Crippen LogP contribution in [-0.4, -0.2) is 12.1 Å². The largest absolute Gasteiger partial charge is 0.458 e. The van der Waals surface area contributed by atoms with Gasteiger partial charge >= 0.3 is 5.97 Å². The number of carbonyl (C=O) groups excluding carboxylic acids is 1. The lowest BCUT2D eigenvalue weighted by Gasteiger charge is -2.58. The number of fused-ring (bicyclic) bond motifs is 5. The zero-order chi connectivity index (χ0) is 26.4. The van der Waals surface area contributed by atoms with Gasteiger partial charge in [0.2, 0.25) is 0 Å². The summed E-state index contributed by atoms with van der Waals surface area (Å²) in [6.07, 6.45) is 16.9. The molecule has 0 N–H and O–H groups in total. The van der Waals surface area contributed by atoms with Crippen LogP contribution in [0.5, 0.6) is 0 Å². The lowest BCUT2D eigenvalue weighted by molar-refractivity contribution is -0.0594. The second-order valence-electron chi connectivity index (χ2n) is 14.1. The van der Waals surface area contributed by atoms with Crippen LogP contribution in [0, 0.1) is 46.3 Å². The van der Waals surface area contributed by atoms with Crippen molar-refractivity contribution in [3.05, 3.63) is 46.0 Å². The van der Waals surface area contributed by atoms with E-state index in [9.17, 15) is 4.79 Å². The van der Waals surface area contributed by atoms with Crippen molar-refractivity contribution in [2.45, 2.75) is 111 Å². The molecule has 3 fully saturated rings. The summed E-state index contributed by atoms with van der Waals surface area (Å²) in [5.74, 6) is 4.99. The molecule has 4 aliphatic rings. The SMILES string of the molecule is CC(C)CCC[C@@H](C)[C@H]1CC[C@H]2[C@@H]3CC=C4C[C@@H](OC(=O)c5ccc(Br)cc5)CC[C@]4(C)[C@H]3CC[C@]12C. The van der Waals surface area contributed by atoms with Crippen molar-refractivity contribution in [3.63, 3.8) is 0 Å². The van der Waals surface area contributed by atoms with E-state index in [1.165, 1.54) is 51.4 Å². The summed E-state index contributed by atoms with van der Waals surface area (Å²) < 4.78 is 7.01. The number of ether oxygens (including phenoxy) is 1. The van der Waals surface area contributed by atoms with Crippen LogP contribution in [0.25, 0.3) is 0 Å². The normalized spacial score (nSPS) is 37.8. The molecule has 3 heteroatoms. The monoisotopic (exact) mass is 568 g/mol. The number of halogens is 1. The molecule has 0 heterocycles. The van der Waals surface area contributed by atoms with Gasteiger partial charge in [-0.1, -0.05) is 81.5 Å². The first-order chi connectivity index (χ1) is 17.6. The van der Waals surface area contributed by atoms with Gasteiger partial charge in [-0.15, -0.1) is 0 Å². The van der Waals surface area contributed by atoms with E-state index in [2.05, 4.69) is 56.6 Å². The molecule has 0 unspecified atom stereocenters. The summed E-state index contributed by atoms with van der Waals surface area (Å²) in [4.78, 5) is 12.8. The van der Waals surface area contributed by atoms with E-state index in [1.807, 2.05) is 24.3 Å². The Kier molecular flexibility index (Phi) is 8.03. The molecule has 0 amide bonds. The van der Waals surface area contributed by atoms with E-state index < -0.39 is 0 Å². The Hall–Kier alpha value is -1.09. The minimum atomic E-state index is -0.177. The Morgan fingerprint density at radius 3 is 2.49 bits per heavy atom. The fourth-order valence-electron chi connectivity index (χ4n) is 9.56. The number of hydrogen-bond donors (Lipinski definition) is 0. The van der Waals surface area contributed by atoms with E-state index in [1.54, 1.807) is 5.57 Å². The zero-order valence-corrected chi connectivity index (χ0v) is 25.5. The highest BCUT2D eigenvalue weighted by Gasteiger charge is 2.59. The first kappa shape index (κ1) is 27.5. The molecule has 0 radical (unpaired) electrons. The molecule has 204 valence electrons. The van der Waals surface area contributed by atoms with Crippen LogP contribution >= 0.6 is 15.9 Å². The van der Waals surface area contributed by atoms with Crippen LogP contribution < -0.4 is 0 Å². The third kappa shape index (κ3) is 5.24. The molecule has 0 bridgehead atoms. The smallest absolute Gasteiger partial charge is 0.338 e. The molecule has 0 saturated heterocycles. The van der Waals surface area contributed by atoms with E-state index >= 15 is 0 Å². The molecule has 8 atom stereocenters. The van der Waals surface area contributed by atoms with Crippen molar-refractivity contribution in [1.29, 1.82) is 0 Å². The van der Waals surface area contributed by atoms with Gasteiger partial charge in [-0.05, 0) is 116 Å². The van der Waals surface area contributed by atoms with Gasteiger partial charge in [0.05, 0.1) is 5.56 Å². The number of esters is 1. The average molecular weight is 570 g/mol. The van der Waals surface area contributed by atoms with Crippen LogP contribution in [0.1, 0.15) is 116 Å². The van der Waals surface area contributed by atoms with Gasteiger partial charge < -0.3 is 4.74 Å². The predicted octanol–water partition coefficient (Wildman–Crippen LogP) is 10.0. The molecule has 0 aromatic heterocycles. The summed E-state index contributed by atoms with van der Waals surface area (Å²) in [7, 11) is 0. The topological polar surface area (TPSA) is 26.3 Å². The van der Waals surface area contributed by atoms with Crippen molar-refractivity contribution in [2.75, 3.05) is 0 Å². The van der Waals surface area contributed by atoms with Crippen LogP contribution in [0.2, 0.25) is 0 Å². The van der Waals surface area contributed by atoms with Crippen LogP contribution in [-0.2, 0) is 4.74 Å². The summed E-state index contributed by atoms with van der Waals surface area (Å²) in [5, 5.41) is 0. The molecule has 2 nitrogen and oxygen atoms in total. The lowest BCUT2D eigenvalue weighted by Crippen LogP contribution is -2.51. The van der Waals surface area contributed by atoms with E-state index in [0.717, 1.165) is 59.2 Å². The highest BCUT2D eigenvalue weighted by molar-refractivity contribution is 9.10. The number of carbonyl (C=O) groups is 1. The summed E-state index contributed by atoms with van der Waals surface area (Å²) in [5.41, 5.74) is 3.08. The number of rotatable bonds is 7. The van der Waals surface area contributed by atoms with E-state index in [4.69, 9.17) is 4.74 Å². The molecule has 0 spiro atoms. The van der Waals surface area contributed by atoms with Crippen LogP contribution in [0.4, 0.5) is 0 Å². The van der Waals surface area contributed by atoms with Crippen molar-refractivity contribution in [1.82, 2.24) is 0 Å². The lowest BCUT2D eigenvalue weighted by atomic mass is 9.47. The van der Waals surface area contributed by atoms with E-state index in [0.29, 0.717) is 16.4 Å². The van der Waals surface area contributed by atoms with Crippen molar-refractivity contribution >= 4 is 21.9 Å². The van der Waals surface area contributed by atoms with Crippen molar-refractivity contribution < 1.29 is 9.53 Å². The highest BCUT2D eigenvalue weighted by Crippen LogP contribution is 2.67. The number of hydrogen-bond acceptors (Lipinski definition) is 2. The molecule has 1 aromatic rings. The van der Waals surface area contributed by atoms with Gasteiger partial charge in [-0.2, -0.15) is 0 Å². The Balaban J connectivity index is 1.25. The maximum atomic E-state index is 12.8. The second-order valence-corrected chi connectivity index (χ2v) is 15.0. The maximum absolute atomic E-state index is 12.8. The van der Waals surface area contributed by atoms with Gasteiger partial charge in [0.1, 0.15) is 6.10 Å². The number of benzene rings is 1. The summed E-state index contributed by atoms with van der Waals surface area (Å²) in [6.45, 7) is 12.5. The third-order valence-corrected chi connectivity index (χ3v) is 12.1. The second kappa shape index (κ2) is 10.8. The van der Waals surface area contributed by atoms with Crippen LogP contribution in [0.3, 0.4) is 0 Å². The highest BCUT2D eigenvalue weighted by atomic mass is 79.9. The minimum Gasteiger partial charge on any atom is -0.458 e.